The predicted molar refractivity (Wildman–Crippen MR) is 79.5 cm³/mol. The van der Waals surface area contributed by atoms with Crippen LogP contribution in [0, 0.1) is 24.6 Å². The van der Waals surface area contributed by atoms with E-state index in [-0.39, 0.29) is 18.3 Å². The van der Waals surface area contributed by atoms with Crippen molar-refractivity contribution in [3.05, 3.63) is 65.0 Å². The van der Waals surface area contributed by atoms with Crippen molar-refractivity contribution in [2.24, 2.45) is 0 Å². The first-order valence-electron chi connectivity index (χ1n) is 6.38. The van der Waals surface area contributed by atoms with Crippen LogP contribution in [0.2, 0.25) is 0 Å². The fraction of sp³-hybridized carbons (Fsp3) is 0.118. The zero-order chi connectivity index (χ0) is 15.2. The number of halogens is 1. The number of amides is 1. The van der Waals surface area contributed by atoms with Crippen molar-refractivity contribution in [2.75, 3.05) is 11.9 Å². The van der Waals surface area contributed by atoms with E-state index in [0.717, 1.165) is 0 Å². The van der Waals surface area contributed by atoms with E-state index in [1.165, 1.54) is 6.07 Å². The standard InChI is InChI=1S/C17H14FNO2/c1-12-8-9-14(11-16(12)18)19-17(21)15-7-3-2-5-13(15)6-4-10-20/h2-3,5,7-9,11,20H,10H2,1H3,(H,19,21). The van der Waals surface area contributed by atoms with Gasteiger partial charge in [0.05, 0.1) is 5.56 Å². The second-order valence-electron chi connectivity index (χ2n) is 4.42. The lowest BCUT2D eigenvalue weighted by Gasteiger charge is -2.08. The maximum atomic E-state index is 13.5. The Morgan fingerprint density at radius 3 is 2.76 bits per heavy atom. The van der Waals surface area contributed by atoms with Crippen molar-refractivity contribution in [1.29, 1.82) is 0 Å². The molecular weight excluding hydrogens is 269 g/mol. The molecule has 0 aliphatic carbocycles. The smallest absolute Gasteiger partial charge is 0.256 e. The molecule has 106 valence electrons. The Bertz CT molecular complexity index is 729. The SMILES string of the molecule is Cc1ccc(NC(=O)c2ccccc2C#CCO)cc1F. The third-order valence-electron chi connectivity index (χ3n) is 2.90. The largest absolute Gasteiger partial charge is 0.384 e. The van der Waals surface area contributed by atoms with Crippen molar-refractivity contribution < 1.29 is 14.3 Å². The molecule has 0 radical (unpaired) electrons. The van der Waals surface area contributed by atoms with Crippen molar-refractivity contribution in [3.63, 3.8) is 0 Å². The average Bonchev–Trinajstić information content (AvgIpc) is 2.49. The second-order valence-corrected chi connectivity index (χ2v) is 4.42. The first-order valence-corrected chi connectivity index (χ1v) is 6.38. The zero-order valence-corrected chi connectivity index (χ0v) is 11.5. The highest BCUT2D eigenvalue weighted by Crippen LogP contribution is 2.16. The number of nitrogens with one attached hydrogen (secondary N) is 1. The molecule has 0 unspecified atom stereocenters. The van der Waals surface area contributed by atoms with Crippen LogP contribution in [-0.2, 0) is 0 Å². The summed E-state index contributed by atoms with van der Waals surface area (Å²) in [5.74, 6) is 4.47. The molecule has 2 aromatic carbocycles. The van der Waals surface area contributed by atoms with Gasteiger partial charge in [-0.25, -0.2) is 4.39 Å². The highest BCUT2D eigenvalue weighted by Gasteiger charge is 2.10. The zero-order valence-electron chi connectivity index (χ0n) is 11.5. The van der Waals surface area contributed by atoms with Crippen LogP contribution in [0.5, 0.6) is 0 Å². The summed E-state index contributed by atoms with van der Waals surface area (Å²) < 4.78 is 13.5. The summed E-state index contributed by atoms with van der Waals surface area (Å²) in [6, 6.07) is 11.3. The molecule has 0 aromatic heterocycles. The molecule has 0 fully saturated rings. The van der Waals surface area contributed by atoms with Crippen LogP contribution in [0.4, 0.5) is 10.1 Å². The van der Waals surface area contributed by atoms with Gasteiger partial charge in [-0.15, -0.1) is 0 Å². The Kier molecular flexibility index (Phi) is 4.70. The van der Waals surface area contributed by atoms with E-state index in [1.54, 1.807) is 43.3 Å². The lowest BCUT2D eigenvalue weighted by atomic mass is 10.1. The van der Waals surface area contributed by atoms with E-state index in [0.29, 0.717) is 22.4 Å². The van der Waals surface area contributed by atoms with Gasteiger partial charge in [0, 0.05) is 11.3 Å². The van der Waals surface area contributed by atoms with E-state index in [2.05, 4.69) is 17.2 Å². The third-order valence-corrected chi connectivity index (χ3v) is 2.90. The molecule has 0 atom stereocenters. The van der Waals surface area contributed by atoms with Gasteiger partial charge in [0.1, 0.15) is 12.4 Å². The van der Waals surface area contributed by atoms with Crippen LogP contribution in [0.25, 0.3) is 0 Å². The predicted octanol–water partition coefficient (Wildman–Crippen LogP) is 2.73. The molecule has 2 aromatic rings. The van der Waals surface area contributed by atoms with Gasteiger partial charge >= 0.3 is 0 Å². The minimum atomic E-state index is -0.374. The monoisotopic (exact) mass is 283 g/mol. The molecule has 2 N–H and O–H groups in total. The van der Waals surface area contributed by atoms with Crippen LogP contribution in [0.1, 0.15) is 21.5 Å². The number of anilines is 1. The lowest BCUT2D eigenvalue weighted by Crippen LogP contribution is -2.13. The Balaban J connectivity index is 2.26. The van der Waals surface area contributed by atoms with Crippen LogP contribution >= 0.6 is 0 Å². The maximum absolute atomic E-state index is 13.5. The Labute approximate surface area is 122 Å². The molecule has 0 saturated carbocycles. The molecule has 0 spiro atoms. The second kappa shape index (κ2) is 6.69. The van der Waals surface area contributed by atoms with Crippen molar-refractivity contribution in [1.82, 2.24) is 0 Å². The summed E-state index contributed by atoms with van der Waals surface area (Å²) in [6.45, 7) is 1.37. The normalized spacial score (nSPS) is 9.67. The summed E-state index contributed by atoms with van der Waals surface area (Å²) in [4.78, 5) is 12.2. The van der Waals surface area contributed by atoms with Gasteiger partial charge in [0.2, 0.25) is 0 Å². The first-order chi connectivity index (χ1) is 10.1. The summed E-state index contributed by atoms with van der Waals surface area (Å²) in [7, 11) is 0. The molecule has 0 aliphatic heterocycles. The number of carbonyl (C=O) groups is 1. The Hall–Kier alpha value is -2.64. The molecule has 4 heteroatoms. The summed E-state index contributed by atoms with van der Waals surface area (Å²) in [5, 5.41) is 11.4. The Morgan fingerprint density at radius 2 is 2.05 bits per heavy atom. The van der Waals surface area contributed by atoms with Gasteiger partial charge in [-0.05, 0) is 36.8 Å². The summed E-state index contributed by atoms with van der Waals surface area (Å²) >= 11 is 0. The van der Waals surface area contributed by atoms with Crippen molar-refractivity contribution in [3.8, 4) is 11.8 Å². The molecule has 21 heavy (non-hydrogen) atoms. The highest BCUT2D eigenvalue weighted by molar-refractivity contribution is 6.06. The first kappa shape index (κ1) is 14.8. The number of aryl methyl sites for hydroxylation is 1. The van der Waals surface area contributed by atoms with Crippen LogP contribution < -0.4 is 5.32 Å². The minimum Gasteiger partial charge on any atom is -0.384 e. The lowest BCUT2D eigenvalue weighted by molar-refractivity contribution is 0.102. The van der Waals surface area contributed by atoms with Gasteiger partial charge < -0.3 is 10.4 Å². The molecule has 0 bridgehead atoms. The van der Waals surface area contributed by atoms with Gasteiger partial charge in [-0.1, -0.05) is 30.0 Å². The van der Waals surface area contributed by atoms with Crippen molar-refractivity contribution >= 4 is 11.6 Å². The van der Waals surface area contributed by atoms with Gasteiger partial charge in [0.15, 0.2) is 0 Å². The van der Waals surface area contributed by atoms with Gasteiger partial charge in [0.25, 0.3) is 5.91 Å². The Morgan fingerprint density at radius 1 is 1.29 bits per heavy atom. The van der Waals surface area contributed by atoms with Crippen LogP contribution in [-0.4, -0.2) is 17.6 Å². The molecule has 1 amide bonds. The van der Waals surface area contributed by atoms with E-state index in [9.17, 15) is 9.18 Å². The molecule has 2 rings (SSSR count). The number of aliphatic hydroxyl groups is 1. The number of carbonyl (C=O) groups excluding carboxylic acids is 1. The van der Waals surface area contributed by atoms with E-state index < -0.39 is 0 Å². The van der Waals surface area contributed by atoms with Crippen molar-refractivity contribution in [2.45, 2.75) is 6.92 Å². The molecule has 0 saturated heterocycles. The molecule has 0 heterocycles. The molecule has 0 aliphatic rings. The topological polar surface area (TPSA) is 49.3 Å². The number of hydrogen-bond acceptors (Lipinski definition) is 2. The van der Waals surface area contributed by atoms with E-state index in [4.69, 9.17) is 5.11 Å². The number of hydrogen-bond donors (Lipinski definition) is 2. The quantitative estimate of drug-likeness (QED) is 0.833. The minimum absolute atomic E-state index is 0.279. The molecular formula is C17H14FNO2. The third kappa shape index (κ3) is 3.68. The summed E-state index contributed by atoms with van der Waals surface area (Å²) in [5.41, 5.74) is 1.78. The van der Waals surface area contributed by atoms with Gasteiger partial charge in [-0.2, -0.15) is 0 Å². The van der Waals surface area contributed by atoms with E-state index in [1.807, 2.05) is 0 Å². The molecule has 3 nitrogen and oxygen atoms in total. The van der Waals surface area contributed by atoms with Crippen LogP contribution in [0.15, 0.2) is 42.5 Å². The fourth-order valence-corrected chi connectivity index (χ4v) is 1.79. The van der Waals surface area contributed by atoms with Crippen LogP contribution in [0.3, 0.4) is 0 Å². The van der Waals surface area contributed by atoms with Gasteiger partial charge in [-0.3, -0.25) is 4.79 Å². The summed E-state index contributed by atoms with van der Waals surface area (Å²) in [6.07, 6.45) is 0. The number of aliphatic hydroxyl groups excluding tert-OH is 1. The number of benzene rings is 2. The fourth-order valence-electron chi connectivity index (χ4n) is 1.79. The number of rotatable bonds is 2. The highest BCUT2D eigenvalue weighted by atomic mass is 19.1. The maximum Gasteiger partial charge on any atom is 0.256 e. The van der Waals surface area contributed by atoms with E-state index >= 15 is 0 Å². The average molecular weight is 283 g/mol.